The number of carbonyl (C=O) groups is 1. The lowest BCUT2D eigenvalue weighted by Crippen LogP contribution is -2.30. The molecule has 1 amide bonds. The van der Waals surface area contributed by atoms with Crippen LogP contribution in [-0.4, -0.2) is 14.3 Å². The molecule has 1 aromatic carbocycles. The maximum absolute atomic E-state index is 12.4. The van der Waals surface area contributed by atoms with Crippen LogP contribution in [0, 0.1) is 11.3 Å². The van der Waals surface area contributed by atoms with Gasteiger partial charge in [0, 0.05) is 26.8 Å². The molecule has 0 aliphatic heterocycles. The normalized spacial score (nSPS) is 21.2. The first-order chi connectivity index (χ1) is 9.61. The van der Waals surface area contributed by atoms with Gasteiger partial charge in [0.15, 0.2) is 0 Å². The van der Waals surface area contributed by atoms with E-state index in [1.54, 1.807) is 12.1 Å². The van der Waals surface area contributed by atoms with Crippen molar-refractivity contribution in [2.45, 2.75) is 38.0 Å². The van der Waals surface area contributed by atoms with Gasteiger partial charge in [0.05, 0.1) is 4.90 Å². The summed E-state index contributed by atoms with van der Waals surface area (Å²) in [5, 5.41) is 2.85. The largest absolute Gasteiger partial charge is 0.326 e. The van der Waals surface area contributed by atoms with Crippen LogP contribution >= 0.6 is 26.6 Å². The predicted octanol–water partition coefficient (Wildman–Crippen LogP) is 4.14. The predicted molar refractivity (Wildman–Crippen MR) is 86.9 cm³/mol. The molecule has 0 saturated heterocycles. The smallest absolute Gasteiger partial charge is 0.262 e. The van der Waals surface area contributed by atoms with Crippen LogP contribution < -0.4 is 5.32 Å². The maximum atomic E-state index is 12.4. The second-order valence-electron chi connectivity index (χ2n) is 6.01. The zero-order valence-corrected chi connectivity index (χ0v) is 15.0. The molecule has 0 radical (unpaired) electrons. The van der Waals surface area contributed by atoms with Gasteiger partial charge in [-0.25, -0.2) is 8.42 Å². The molecule has 1 aliphatic carbocycles. The number of hydrogen-bond acceptors (Lipinski definition) is 3. The van der Waals surface area contributed by atoms with Crippen LogP contribution in [0.25, 0.3) is 0 Å². The first-order valence-corrected chi connectivity index (χ1v) is 9.76. The van der Waals surface area contributed by atoms with Crippen LogP contribution in [0.4, 0.5) is 5.69 Å². The quantitative estimate of drug-likeness (QED) is 0.784. The van der Waals surface area contributed by atoms with Crippen LogP contribution in [-0.2, 0) is 13.8 Å². The maximum Gasteiger partial charge on any atom is 0.262 e. The van der Waals surface area contributed by atoms with E-state index >= 15 is 0 Å². The van der Waals surface area contributed by atoms with Crippen LogP contribution in [0.1, 0.15) is 33.1 Å². The number of hydrogen-bond donors (Lipinski definition) is 1. The molecule has 21 heavy (non-hydrogen) atoms. The third-order valence-electron chi connectivity index (χ3n) is 4.04. The van der Waals surface area contributed by atoms with Crippen molar-refractivity contribution in [1.29, 1.82) is 0 Å². The second-order valence-corrected chi connectivity index (χ2v) is 9.39. The second kappa shape index (κ2) is 5.89. The number of halogens is 2. The third-order valence-corrected chi connectivity index (χ3v) is 6.33. The number of rotatable bonds is 3. The van der Waals surface area contributed by atoms with Crippen molar-refractivity contribution >= 4 is 47.3 Å². The van der Waals surface area contributed by atoms with E-state index < -0.39 is 9.05 Å². The molecule has 116 valence electrons. The molecule has 1 atom stereocenters. The van der Waals surface area contributed by atoms with E-state index in [1.165, 1.54) is 6.07 Å². The highest BCUT2D eigenvalue weighted by Gasteiger charge is 2.39. The summed E-state index contributed by atoms with van der Waals surface area (Å²) in [6.07, 6.45) is 2.98. The standard InChI is InChI=1S/C14H17BrClNO3S/c1-14(2)7-3-4-10(14)13(18)17-9-5-6-12(11(15)8-9)21(16,19)20/h5-6,8,10H,3-4,7H2,1-2H3,(H,17,18). The highest BCUT2D eigenvalue weighted by Crippen LogP contribution is 2.43. The molecular weight excluding hydrogens is 378 g/mol. The van der Waals surface area contributed by atoms with Gasteiger partial charge in [-0.3, -0.25) is 4.79 Å². The van der Waals surface area contributed by atoms with E-state index in [9.17, 15) is 13.2 Å². The topological polar surface area (TPSA) is 63.2 Å². The number of anilines is 1. The van der Waals surface area contributed by atoms with Crippen LogP contribution in [0.5, 0.6) is 0 Å². The molecular formula is C14H17BrClNO3S. The number of amides is 1. The van der Waals surface area contributed by atoms with Crippen molar-refractivity contribution in [1.82, 2.24) is 0 Å². The van der Waals surface area contributed by atoms with Gasteiger partial charge in [0.1, 0.15) is 0 Å². The van der Waals surface area contributed by atoms with E-state index in [2.05, 4.69) is 35.1 Å². The van der Waals surface area contributed by atoms with E-state index in [0.717, 1.165) is 19.3 Å². The Morgan fingerprint density at radius 1 is 1.43 bits per heavy atom. The van der Waals surface area contributed by atoms with Crippen LogP contribution in [0.15, 0.2) is 27.6 Å². The van der Waals surface area contributed by atoms with Gasteiger partial charge in [0.25, 0.3) is 9.05 Å². The molecule has 0 aromatic heterocycles. The fourth-order valence-corrected chi connectivity index (χ4v) is 5.04. The third kappa shape index (κ3) is 3.79. The Kier molecular flexibility index (Phi) is 4.71. The monoisotopic (exact) mass is 393 g/mol. The van der Waals surface area contributed by atoms with Crippen molar-refractivity contribution in [3.8, 4) is 0 Å². The molecule has 1 saturated carbocycles. The van der Waals surface area contributed by atoms with Gasteiger partial charge < -0.3 is 5.32 Å². The molecule has 7 heteroatoms. The molecule has 4 nitrogen and oxygen atoms in total. The van der Waals surface area contributed by atoms with E-state index in [4.69, 9.17) is 10.7 Å². The minimum atomic E-state index is -3.80. The summed E-state index contributed by atoms with van der Waals surface area (Å²) in [5.41, 5.74) is 0.555. The first-order valence-electron chi connectivity index (χ1n) is 6.66. The molecule has 0 bridgehead atoms. The first kappa shape index (κ1) is 16.8. The zero-order valence-electron chi connectivity index (χ0n) is 11.8. The van der Waals surface area contributed by atoms with Crippen LogP contribution in [0.3, 0.4) is 0 Å². The molecule has 2 rings (SSSR count). The number of nitrogens with one attached hydrogen (secondary N) is 1. The molecule has 0 spiro atoms. The molecule has 1 unspecified atom stereocenters. The summed E-state index contributed by atoms with van der Waals surface area (Å²) in [7, 11) is 1.52. The Morgan fingerprint density at radius 2 is 2.10 bits per heavy atom. The van der Waals surface area contributed by atoms with Gasteiger partial charge in [-0.1, -0.05) is 20.3 Å². The summed E-state index contributed by atoms with van der Waals surface area (Å²) in [4.78, 5) is 12.3. The van der Waals surface area contributed by atoms with E-state index in [0.29, 0.717) is 10.2 Å². The molecule has 1 N–H and O–H groups in total. The Hall–Kier alpha value is -0.590. The van der Waals surface area contributed by atoms with E-state index in [1.807, 2.05) is 0 Å². The van der Waals surface area contributed by atoms with Gasteiger partial charge in [-0.2, -0.15) is 0 Å². The molecule has 0 heterocycles. The summed E-state index contributed by atoms with van der Waals surface area (Å²) < 4.78 is 23.0. The fraction of sp³-hybridized carbons (Fsp3) is 0.500. The van der Waals surface area contributed by atoms with Crippen molar-refractivity contribution < 1.29 is 13.2 Å². The van der Waals surface area contributed by atoms with E-state index in [-0.39, 0.29) is 22.1 Å². The van der Waals surface area contributed by atoms with Crippen molar-refractivity contribution in [3.05, 3.63) is 22.7 Å². The minimum Gasteiger partial charge on any atom is -0.326 e. The average Bonchev–Trinajstić information content (AvgIpc) is 2.67. The summed E-state index contributed by atoms with van der Waals surface area (Å²) >= 11 is 3.16. The number of carbonyl (C=O) groups excluding carboxylic acids is 1. The average molecular weight is 395 g/mol. The van der Waals surface area contributed by atoms with Crippen LogP contribution in [0.2, 0.25) is 0 Å². The fourth-order valence-electron chi connectivity index (χ4n) is 2.82. The lowest BCUT2D eigenvalue weighted by atomic mass is 9.81. The van der Waals surface area contributed by atoms with Gasteiger partial charge in [-0.05, 0) is 52.4 Å². The lowest BCUT2D eigenvalue weighted by molar-refractivity contribution is -0.122. The van der Waals surface area contributed by atoms with Gasteiger partial charge in [-0.15, -0.1) is 0 Å². The van der Waals surface area contributed by atoms with Crippen molar-refractivity contribution in [2.75, 3.05) is 5.32 Å². The summed E-state index contributed by atoms with van der Waals surface area (Å²) in [5.74, 6) is -0.0430. The SMILES string of the molecule is CC1(C)CCCC1C(=O)Nc1ccc(S(=O)(=O)Cl)c(Br)c1. The number of benzene rings is 1. The Labute approximate surface area is 137 Å². The molecule has 1 aromatic rings. The van der Waals surface area contributed by atoms with Gasteiger partial charge >= 0.3 is 0 Å². The summed E-state index contributed by atoms with van der Waals surface area (Å²) in [6.45, 7) is 4.20. The highest BCUT2D eigenvalue weighted by atomic mass is 79.9. The lowest BCUT2D eigenvalue weighted by Gasteiger charge is -2.25. The van der Waals surface area contributed by atoms with Crippen molar-refractivity contribution in [3.63, 3.8) is 0 Å². The summed E-state index contributed by atoms with van der Waals surface area (Å²) in [6, 6.07) is 4.47. The Bertz CT molecular complexity index is 673. The minimum absolute atomic E-state index is 0.000728. The highest BCUT2D eigenvalue weighted by molar-refractivity contribution is 9.10. The molecule has 1 fully saturated rings. The van der Waals surface area contributed by atoms with Crippen molar-refractivity contribution in [2.24, 2.45) is 11.3 Å². The molecule has 1 aliphatic rings. The zero-order chi connectivity index (χ0) is 15.8. The Morgan fingerprint density at radius 3 is 2.57 bits per heavy atom. The van der Waals surface area contributed by atoms with Gasteiger partial charge in [0.2, 0.25) is 5.91 Å². The Balaban J connectivity index is 2.18.